The van der Waals surface area contributed by atoms with E-state index >= 15 is 0 Å². The predicted molar refractivity (Wildman–Crippen MR) is 34.7 cm³/mol. The maximum absolute atomic E-state index is 3.01. The molecular weight excluding hydrogens is 147 g/mol. The SMILES string of the molecule is CCc1c[c-]ccc1.[V]. The van der Waals surface area contributed by atoms with E-state index in [2.05, 4.69) is 19.1 Å². The van der Waals surface area contributed by atoms with Crippen molar-refractivity contribution in [2.45, 2.75) is 13.3 Å². The normalized spacial score (nSPS) is 8.11. The summed E-state index contributed by atoms with van der Waals surface area (Å²) in [4.78, 5) is 0. The second kappa shape index (κ2) is 4.66. The second-order valence-electron chi connectivity index (χ2n) is 1.77. The van der Waals surface area contributed by atoms with Gasteiger partial charge in [-0.1, -0.05) is 13.3 Å². The molecule has 0 saturated carbocycles. The maximum atomic E-state index is 3.01. The van der Waals surface area contributed by atoms with Crippen LogP contribution in [0.2, 0.25) is 0 Å². The molecule has 0 aliphatic carbocycles. The molecule has 0 atom stereocenters. The summed E-state index contributed by atoms with van der Waals surface area (Å²) in [5.41, 5.74) is 1.35. The van der Waals surface area contributed by atoms with Crippen LogP contribution in [0.25, 0.3) is 0 Å². The summed E-state index contributed by atoms with van der Waals surface area (Å²) >= 11 is 0. The molecule has 0 aromatic heterocycles. The van der Waals surface area contributed by atoms with Crippen molar-refractivity contribution in [3.8, 4) is 0 Å². The molecule has 0 spiro atoms. The summed E-state index contributed by atoms with van der Waals surface area (Å²) < 4.78 is 0. The first-order valence-electron chi connectivity index (χ1n) is 2.88. The van der Waals surface area contributed by atoms with Gasteiger partial charge in [0, 0.05) is 18.6 Å². The molecule has 1 aromatic rings. The number of hydrogen-bond acceptors (Lipinski definition) is 0. The molecular formula is C8H9V-. The smallest absolute Gasteiger partial charge is 0 e. The third-order valence-corrected chi connectivity index (χ3v) is 1.18. The summed E-state index contributed by atoms with van der Waals surface area (Å²) in [6, 6.07) is 11.1. The van der Waals surface area contributed by atoms with Crippen LogP contribution in [-0.4, -0.2) is 0 Å². The summed E-state index contributed by atoms with van der Waals surface area (Å²) in [5.74, 6) is 0. The first kappa shape index (κ1) is 8.80. The molecule has 0 aliphatic rings. The van der Waals surface area contributed by atoms with Gasteiger partial charge in [-0.3, -0.25) is 0 Å². The van der Waals surface area contributed by atoms with Gasteiger partial charge in [0.1, 0.15) is 0 Å². The van der Waals surface area contributed by atoms with E-state index in [-0.39, 0.29) is 18.6 Å². The average molecular weight is 156 g/mol. The minimum Gasteiger partial charge on any atom is -0.184 e. The van der Waals surface area contributed by atoms with Crippen molar-refractivity contribution < 1.29 is 18.6 Å². The molecule has 9 heavy (non-hydrogen) atoms. The van der Waals surface area contributed by atoms with Gasteiger partial charge in [0.2, 0.25) is 0 Å². The molecule has 0 amide bonds. The minimum atomic E-state index is 0. The number of benzene rings is 1. The molecule has 1 aromatic carbocycles. The Bertz CT molecular complexity index is 146. The van der Waals surface area contributed by atoms with E-state index in [1.165, 1.54) is 5.56 Å². The quantitative estimate of drug-likeness (QED) is 0.546. The van der Waals surface area contributed by atoms with Crippen molar-refractivity contribution in [3.05, 3.63) is 35.9 Å². The Balaban J connectivity index is 0.000000640. The van der Waals surface area contributed by atoms with Gasteiger partial charge in [-0.25, -0.2) is 0 Å². The van der Waals surface area contributed by atoms with Gasteiger partial charge in [0.25, 0.3) is 0 Å². The van der Waals surface area contributed by atoms with Crippen LogP contribution in [-0.2, 0) is 25.0 Å². The fourth-order valence-electron chi connectivity index (χ4n) is 0.650. The molecule has 0 N–H and O–H groups in total. The van der Waals surface area contributed by atoms with Crippen LogP contribution in [0.3, 0.4) is 0 Å². The van der Waals surface area contributed by atoms with Crippen LogP contribution < -0.4 is 0 Å². The molecule has 0 saturated heterocycles. The van der Waals surface area contributed by atoms with Crippen LogP contribution in [0.1, 0.15) is 12.5 Å². The molecule has 0 heterocycles. The van der Waals surface area contributed by atoms with Gasteiger partial charge in [-0.05, 0) is 0 Å². The van der Waals surface area contributed by atoms with Crippen molar-refractivity contribution in [2.75, 3.05) is 0 Å². The fourth-order valence-corrected chi connectivity index (χ4v) is 0.650. The number of hydrogen-bond donors (Lipinski definition) is 0. The van der Waals surface area contributed by atoms with Crippen LogP contribution in [0, 0.1) is 6.07 Å². The Morgan fingerprint density at radius 3 is 2.67 bits per heavy atom. The Labute approximate surface area is 68.2 Å². The zero-order valence-electron chi connectivity index (χ0n) is 5.46. The molecule has 0 fully saturated rings. The summed E-state index contributed by atoms with van der Waals surface area (Å²) in [5, 5.41) is 0. The van der Waals surface area contributed by atoms with Crippen molar-refractivity contribution in [2.24, 2.45) is 0 Å². The van der Waals surface area contributed by atoms with Gasteiger partial charge < -0.3 is 0 Å². The standard InChI is InChI=1S/C8H9.V/c1-2-8-6-4-3-5-7-8;/h3-4,6-7H,2H2,1H3;/q-1;. The van der Waals surface area contributed by atoms with Gasteiger partial charge in [-0.2, -0.15) is 35.9 Å². The van der Waals surface area contributed by atoms with Crippen LogP contribution in [0.4, 0.5) is 0 Å². The molecule has 0 bridgehead atoms. The van der Waals surface area contributed by atoms with E-state index in [4.69, 9.17) is 0 Å². The van der Waals surface area contributed by atoms with E-state index in [9.17, 15) is 0 Å². The molecule has 0 aliphatic heterocycles. The van der Waals surface area contributed by atoms with E-state index in [0.717, 1.165) is 6.42 Å². The Morgan fingerprint density at radius 2 is 2.33 bits per heavy atom. The molecule has 1 rings (SSSR count). The predicted octanol–water partition coefficient (Wildman–Crippen LogP) is 2.05. The van der Waals surface area contributed by atoms with Crippen LogP contribution in [0.5, 0.6) is 0 Å². The topological polar surface area (TPSA) is 0 Å². The first-order chi connectivity index (χ1) is 3.93. The first-order valence-corrected chi connectivity index (χ1v) is 2.88. The summed E-state index contributed by atoms with van der Waals surface area (Å²) in [6.45, 7) is 2.14. The largest absolute Gasteiger partial charge is 0.184 e. The van der Waals surface area contributed by atoms with Crippen molar-refractivity contribution in [1.82, 2.24) is 0 Å². The fraction of sp³-hybridized carbons (Fsp3) is 0.250. The monoisotopic (exact) mass is 156 g/mol. The summed E-state index contributed by atoms with van der Waals surface area (Å²) in [6.07, 6.45) is 1.11. The van der Waals surface area contributed by atoms with Crippen LogP contribution in [0.15, 0.2) is 24.3 Å². The second-order valence-corrected chi connectivity index (χ2v) is 1.77. The van der Waals surface area contributed by atoms with Crippen LogP contribution >= 0.6 is 0 Å². The van der Waals surface area contributed by atoms with Gasteiger partial charge in [-0.15, -0.1) is 0 Å². The minimum absolute atomic E-state index is 0. The Morgan fingerprint density at radius 1 is 1.56 bits per heavy atom. The zero-order valence-corrected chi connectivity index (χ0v) is 6.86. The van der Waals surface area contributed by atoms with Crippen molar-refractivity contribution in [1.29, 1.82) is 0 Å². The molecule has 0 unspecified atom stereocenters. The number of aryl methyl sites for hydroxylation is 1. The van der Waals surface area contributed by atoms with E-state index in [1.54, 1.807) is 0 Å². The van der Waals surface area contributed by atoms with Gasteiger partial charge in [0.05, 0.1) is 0 Å². The van der Waals surface area contributed by atoms with E-state index < -0.39 is 0 Å². The third kappa shape index (κ3) is 2.74. The van der Waals surface area contributed by atoms with Gasteiger partial charge in [0.15, 0.2) is 0 Å². The summed E-state index contributed by atoms with van der Waals surface area (Å²) in [7, 11) is 0. The Kier molecular flexibility index (Phi) is 4.56. The molecule has 1 heteroatoms. The molecule has 1 radical (unpaired) electrons. The van der Waals surface area contributed by atoms with Crippen molar-refractivity contribution >= 4 is 0 Å². The third-order valence-electron chi connectivity index (χ3n) is 1.18. The Hall–Kier alpha value is -0.196. The average Bonchev–Trinajstić information content (AvgIpc) is 1.90. The number of rotatable bonds is 1. The van der Waals surface area contributed by atoms with Gasteiger partial charge >= 0.3 is 0 Å². The molecule has 0 nitrogen and oxygen atoms in total. The molecule has 47 valence electrons. The van der Waals surface area contributed by atoms with E-state index in [0.29, 0.717) is 0 Å². The zero-order chi connectivity index (χ0) is 5.82. The van der Waals surface area contributed by atoms with E-state index in [1.807, 2.05) is 18.2 Å². The van der Waals surface area contributed by atoms with Crippen molar-refractivity contribution in [3.63, 3.8) is 0 Å². The maximum Gasteiger partial charge on any atom is 0 e.